The molecule has 1 saturated heterocycles. The van der Waals surface area contributed by atoms with Crippen LogP contribution in [0.1, 0.15) is 12.8 Å². The predicted octanol–water partition coefficient (Wildman–Crippen LogP) is 1.76. The van der Waals surface area contributed by atoms with Crippen LogP contribution in [0.15, 0.2) is 36.4 Å². The highest BCUT2D eigenvalue weighted by atomic mass is 16.4. The molecule has 3 nitrogen and oxygen atoms in total. The molecule has 1 atom stereocenters. The lowest BCUT2D eigenvalue weighted by Crippen LogP contribution is -2.34. The minimum Gasteiger partial charge on any atom is -0.481 e. The first kappa shape index (κ1) is 11.7. The van der Waals surface area contributed by atoms with Crippen molar-refractivity contribution in [3.63, 3.8) is 0 Å². The largest absolute Gasteiger partial charge is 0.481 e. The molecule has 0 bridgehead atoms. The number of carbonyl (C=O) groups is 1. The van der Waals surface area contributed by atoms with Gasteiger partial charge in [-0.2, -0.15) is 0 Å². The van der Waals surface area contributed by atoms with Crippen LogP contribution in [0.5, 0.6) is 0 Å². The zero-order valence-corrected chi connectivity index (χ0v) is 8.73. The summed E-state index contributed by atoms with van der Waals surface area (Å²) >= 11 is 0. The lowest BCUT2D eigenvalue weighted by Gasteiger charge is -2.18. The van der Waals surface area contributed by atoms with Gasteiger partial charge in [0.05, 0.1) is 5.92 Å². The highest BCUT2D eigenvalue weighted by molar-refractivity contribution is 5.70. The van der Waals surface area contributed by atoms with E-state index in [1.54, 1.807) is 0 Å². The van der Waals surface area contributed by atoms with E-state index < -0.39 is 5.97 Å². The van der Waals surface area contributed by atoms with Gasteiger partial charge < -0.3 is 10.4 Å². The van der Waals surface area contributed by atoms with Crippen LogP contribution < -0.4 is 5.32 Å². The lowest BCUT2D eigenvalue weighted by atomic mass is 10.0. The van der Waals surface area contributed by atoms with Crippen molar-refractivity contribution < 1.29 is 9.90 Å². The van der Waals surface area contributed by atoms with Crippen molar-refractivity contribution in [2.24, 2.45) is 5.92 Å². The van der Waals surface area contributed by atoms with Crippen LogP contribution in [0, 0.1) is 5.92 Å². The van der Waals surface area contributed by atoms with Gasteiger partial charge in [-0.15, -0.1) is 0 Å². The number of hydrogen-bond acceptors (Lipinski definition) is 2. The average molecular weight is 207 g/mol. The van der Waals surface area contributed by atoms with E-state index in [1.807, 2.05) is 36.4 Å². The molecule has 2 N–H and O–H groups in total. The summed E-state index contributed by atoms with van der Waals surface area (Å²) in [4.78, 5) is 10.3. The van der Waals surface area contributed by atoms with Crippen LogP contribution in [0.2, 0.25) is 0 Å². The number of hydrogen-bond donors (Lipinski definition) is 2. The fourth-order valence-electron chi connectivity index (χ4n) is 1.45. The van der Waals surface area contributed by atoms with Crippen LogP contribution in [0.3, 0.4) is 0 Å². The Hall–Kier alpha value is -1.35. The number of nitrogens with one attached hydrogen (secondary N) is 1. The number of piperidine rings is 1. The van der Waals surface area contributed by atoms with Gasteiger partial charge in [-0.05, 0) is 19.4 Å². The molecule has 0 saturated carbocycles. The van der Waals surface area contributed by atoms with E-state index in [0.29, 0.717) is 6.54 Å². The Balaban J connectivity index is 0.000000162. The standard InChI is InChI=1S/C6H11NO2.C6H6/c8-6(9)5-2-1-3-7-4-5;1-2-4-6-5-3-1/h5,7H,1-4H2,(H,8,9);1-6H. The molecule has 0 radical (unpaired) electrons. The normalized spacial score (nSPS) is 19.9. The van der Waals surface area contributed by atoms with Crippen LogP contribution in [-0.4, -0.2) is 24.2 Å². The van der Waals surface area contributed by atoms with Crippen molar-refractivity contribution in [2.45, 2.75) is 12.8 Å². The Labute approximate surface area is 90.1 Å². The molecule has 15 heavy (non-hydrogen) atoms. The fraction of sp³-hybridized carbons (Fsp3) is 0.417. The van der Waals surface area contributed by atoms with Crippen LogP contribution in [0.4, 0.5) is 0 Å². The van der Waals surface area contributed by atoms with Gasteiger partial charge in [0.2, 0.25) is 0 Å². The highest BCUT2D eigenvalue weighted by Crippen LogP contribution is 2.08. The number of aliphatic carboxylic acids is 1. The summed E-state index contributed by atoms with van der Waals surface area (Å²) in [6, 6.07) is 12.0. The third-order valence-electron chi connectivity index (χ3n) is 2.31. The topological polar surface area (TPSA) is 49.3 Å². The zero-order chi connectivity index (χ0) is 10.9. The second kappa shape index (κ2) is 7.01. The molecular weight excluding hydrogens is 190 g/mol. The molecule has 0 aromatic heterocycles. The Morgan fingerprint density at radius 3 is 1.93 bits per heavy atom. The van der Waals surface area contributed by atoms with Crippen molar-refractivity contribution in [3.8, 4) is 0 Å². The van der Waals surface area contributed by atoms with Crippen LogP contribution in [-0.2, 0) is 4.79 Å². The molecule has 1 heterocycles. The smallest absolute Gasteiger partial charge is 0.307 e. The Morgan fingerprint density at radius 1 is 1.13 bits per heavy atom. The Bertz CT molecular complexity index is 242. The predicted molar refractivity (Wildman–Crippen MR) is 59.7 cm³/mol. The van der Waals surface area contributed by atoms with Crippen molar-refractivity contribution >= 4 is 5.97 Å². The molecule has 3 heteroatoms. The second-order valence-electron chi connectivity index (χ2n) is 3.54. The molecule has 2 rings (SSSR count). The lowest BCUT2D eigenvalue weighted by molar-refractivity contribution is -0.142. The molecule has 1 aliphatic rings. The molecule has 0 amide bonds. The van der Waals surface area contributed by atoms with Gasteiger partial charge in [0.15, 0.2) is 0 Å². The monoisotopic (exact) mass is 207 g/mol. The molecule has 0 aliphatic carbocycles. The summed E-state index contributed by atoms with van der Waals surface area (Å²) in [5.41, 5.74) is 0. The average Bonchev–Trinajstić information content (AvgIpc) is 2.33. The van der Waals surface area contributed by atoms with Gasteiger partial charge in [0.25, 0.3) is 0 Å². The van der Waals surface area contributed by atoms with Crippen molar-refractivity contribution in [1.29, 1.82) is 0 Å². The van der Waals surface area contributed by atoms with Gasteiger partial charge in [-0.3, -0.25) is 4.79 Å². The quantitative estimate of drug-likeness (QED) is 0.737. The fourth-order valence-corrected chi connectivity index (χ4v) is 1.45. The summed E-state index contributed by atoms with van der Waals surface area (Å²) in [6.07, 6.45) is 1.83. The maximum Gasteiger partial charge on any atom is 0.307 e. The third-order valence-corrected chi connectivity index (χ3v) is 2.31. The van der Waals surface area contributed by atoms with Crippen molar-refractivity contribution in [1.82, 2.24) is 5.32 Å². The van der Waals surface area contributed by atoms with E-state index in [-0.39, 0.29) is 5.92 Å². The van der Waals surface area contributed by atoms with E-state index in [0.717, 1.165) is 19.4 Å². The summed E-state index contributed by atoms with van der Waals surface area (Å²) < 4.78 is 0. The molecule has 82 valence electrons. The van der Waals surface area contributed by atoms with Gasteiger partial charge in [-0.1, -0.05) is 36.4 Å². The Kier molecular flexibility index (Phi) is 5.48. The molecule has 0 spiro atoms. The van der Waals surface area contributed by atoms with E-state index in [1.165, 1.54) is 0 Å². The molecule has 1 aromatic rings. The summed E-state index contributed by atoms with van der Waals surface area (Å²) in [7, 11) is 0. The summed E-state index contributed by atoms with van der Waals surface area (Å²) in [5, 5.41) is 11.5. The van der Waals surface area contributed by atoms with E-state index in [2.05, 4.69) is 5.32 Å². The second-order valence-corrected chi connectivity index (χ2v) is 3.54. The van der Waals surface area contributed by atoms with E-state index in [9.17, 15) is 4.79 Å². The van der Waals surface area contributed by atoms with Gasteiger partial charge >= 0.3 is 5.97 Å². The number of carboxylic acid groups (broad SMARTS) is 1. The van der Waals surface area contributed by atoms with E-state index >= 15 is 0 Å². The minimum absolute atomic E-state index is 0.140. The van der Waals surface area contributed by atoms with Crippen LogP contribution >= 0.6 is 0 Å². The van der Waals surface area contributed by atoms with Gasteiger partial charge in [0, 0.05) is 6.54 Å². The minimum atomic E-state index is -0.665. The van der Waals surface area contributed by atoms with Crippen molar-refractivity contribution in [2.75, 3.05) is 13.1 Å². The van der Waals surface area contributed by atoms with Crippen LogP contribution in [0.25, 0.3) is 0 Å². The molecular formula is C12H17NO2. The van der Waals surface area contributed by atoms with Gasteiger partial charge in [0.1, 0.15) is 0 Å². The van der Waals surface area contributed by atoms with E-state index in [4.69, 9.17) is 5.11 Å². The molecule has 1 aliphatic heterocycles. The maximum atomic E-state index is 10.3. The first-order valence-electron chi connectivity index (χ1n) is 5.24. The highest BCUT2D eigenvalue weighted by Gasteiger charge is 2.18. The maximum absolute atomic E-state index is 10.3. The number of carboxylic acids is 1. The summed E-state index contributed by atoms with van der Waals surface area (Å²) in [6.45, 7) is 1.62. The Morgan fingerprint density at radius 2 is 1.67 bits per heavy atom. The van der Waals surface area contributed by atoms with Gasteiger partial charge in [-0.25, -0.2) is 0 Å². The SMILES string of the molecule is O=C(O)C1CCCNC1.c1ccccc1. The summed E-state index contributed by atoms with van der Waals surface area (Å²) in [5.74, 6) is -0.805. The third kappa shape index (κ3) is 5.18. The first-order valence-corrected chi connectivity index (χ1v) is 5.24. The first-order chi connectivity index (χ1) is 7.30. The zero-order valence-electron chi connectivity index (χ0n) is 8.73. The molecule has 1 unspecified atom stereocenters. The molecule has 1 aromatic carbocycles. The number of rotatable bonds is 1. The number of benzene rings is 1. The molecule has 1 fully saturated rings. The van der Waals surface area contributed by atoms with Crippen molar-refractivity contribution in [3.05, 3.63) is 36.4 Å².